The second kappa shape index (κ2) is 4.84. The summed E-state index contributed by atoms with van der Waals surface area (Å²) in [4.78, 5) is 2.21. The summed E-state index contributed by atoms with van der Waals surface area (Å²) >= 11 is 0. The van der Waals surface area contributed by atoms with E-state index >= 15 is 0 Å². The average molecular weight is 242 g/mol. The molecular weight excluding hydrogens is 216 g/mol. The number of hydrogen-bond donors (Lipinski definition) is 2. The van der Waals surface area contributed by atoms with Crippen LogP contribution < -0.4 is 5.32 Å². The lowest BCUT2D eigenvalue weighted by molar-refractivity contribution is -0.0374. The van der Waals surface area contributed by atoms with Gasteiger partial charge in [0.25, 0.3) is 0 Å². The van der Waals surface area contributed by atoms with Crippen LogP contribution in [0, 0.1) is 0 Å². The van der Waals surface area contributed by atoms with Gasteiger partial charge in [-0.25, -0.2) is 0 Å². The van der Waals surface area contributed by atoms with Gasteiger partial charge in [-0.1, -0.05) is 0 Å². The topological polar surface area (TPSA) is 44.7 Å². The van der Waals surface area contributed by atoms with Crippen molar-refractivity contribution in [1.82, 2.24) is 10.2 Å². The van der Waals surface area contributed by atoms with Crippen molar-refractivity contribution in [2.75, 3.05) is 33.2 Å². The zero-order chi connectivity index (χ0) is 12.5. The number of likely N-dealkylation sites (N-methyl/N-ethyl adjacent to an activating group) is 1. The molecule has 4 nitrogen and oxygen atoms in total. The van der Waals surface area contributed by atoms with Crippen molar-refractivity contribution in [2.45, 2.75) is 50.4 Å². The highest BCUT2D eigenvalue weighted by molar-refractivity contribution is 4.91. The van der Waals surface area contributed by atoms with Gasteiger partial charge in [0.1, 0.15) is 0 Å². The van der Waals surface area contributed by atoms with Crippen molar-refractivity contribution in [3.8, 4) is 0 Å². The van der Waals surface area contributed by atoms with Crippen molar-refractivity contribution in [1.29, 1.82) is 0 Å². The fraction of sp³-hybridized carbons (Fsp3) is 1.00. The van der Waals surface area contributed by atoms with Crippen molar-refractivity contribution < 1.29 is 9.84 Å². The Bertz CT molecular complexity index is 262. The first kappa shape index (κ1) is 13.3. The fourth-order valence-electron chi connectivity index (χ4n) is 2.99. The van der Waals surface area contributed by atoms with Gasteiger partial charge in [0, 0.05) is 19.6 Å². The molecule has 2 atom stereocenters. The van der Waals surface area contributed by atoms with Crippen molar-refractivity contribution >= 4 is 0 Å². The molecule has 0 aromatic carbocycles. The van der Waals surface area contributed by atoms with Gasteiger partial charge in [-0.2, -0.15) is 0 Å². The number of nitrogens with one attached hydrogen (secondary N) is 1. The summed E-state index contributed by atoms with van der Waals surface area (Å²) in [5.74, 6) is 0. The predicted octanol–water partition coefficient (Wildman–Crippen LogP) is 0.600. The van der Waals surface area contributed by atoms with Crippen molar-refractivity contribution in [3.63, 3.8) is 0 Å². The number of hydrogen-bond acceptors (Lipinski definition) is 4. The summed E-state index contributed by atoms with van der Waals surface area (Å²) in [5, 5.41) is 13.5. The van der Waals surface area contributed by atoms with E-state index in [1.807, 2.05) is 0 Å². The van der Waals surface area contributed by atoms with Crippen LogP contribution in [0.3, 0.4) is 0 Å². The molecule has 100 valence electrons. The highest BCUT2D eigenvalue weighted by Gasteiger charge is 2.35. The molecule has 2 heterocycles. The van der Waals surface area contributed by atoms with E-state index in [2.05, 4.69) is 31.1 Å². The van der Waals surface area contributed by atoms with Crippen LogP contribution in [0.2, 0.25) is 0 Å². The lowest BCUT2D eigenvalue weighted by atomic mass is 10.0. The summed E-state index contributed by atoms with van der Waals surface area (Å²) in [5.41, 5.74) is -0.500. The molecule has 0 aromatic heterocycles. The molecule has 0 amide bonds. The van der Waals surface area contributed by atoms with E-state index in [4.69, 9.17) is 4.74 Å². The Labute approximate surface area is 104 Å². The van der Waals surface area contributed by atoms with E-state index in [0.717, 1.165) is 38.9 Å². The first-order chi connectivity index (χ1) is 7.89. The van der Waals surface area contributed by atoms with Crippen LogP contribution in [-0.4, -0.2) is 60.5 Å². The van der Waals surface area contributed by atoms with Gasteiger partial charge < -0.3 is 20.1 Å². The average Bonchev–Trinajstić information content (AvgIpc) is 2.73. The normalized spacial score (nSPS) is 36.9. The maximum atomic E-state index is 10.3. The summed E-state index contributed by atoms with van der Waals surface area (Å²) in [6.45, 7) is 7.61. The number of rotatable bonds is 4. The van der Waals surface area contributed by atoms with Crippen LogP contribution in [0.5, 0.6) is 0 Å². The van der Waals surface area contributed by atoms with E-state index in [9.17, 15) is 5.11 Å². The van der Waals surface area contributed by atoms with E-state index in [1.54, 1.807) is 0 Å². The van der Waals surface area contributed by atoms with E-state index in [-0.39, 0.29) is 5.60 Å². The molecule has 2 aliphatic heterocycles. The monoisotopic (exact) mass is 242 g/mol. The molecular formula is C13H26N2O2. The maximum absolute atomic E-state index is 10.3. The minimum atomic E-state index is -0.539. The van der Waals surface area contributed by atoms with Crippen LogP contribution in [0.4, 0.5) is 0 Å². The van der Waals surface area contributed by atoms with Gasteiger partial charge in [0.15, 0.2) is 0 Å². The summed E-state index contributed by atoms with van der Waals surface area (Å²) < 4.78 is 5.98. The third-order valence-corrected chi connectivity index (χ3v) is 3.85. The standard InChI is InChI=1S/C13H26N2O2/c1-12(2)5-4-11(17-12)8-15(3)10-13(16)6-7-14-9-13/h11,14,16H,4-10H2,1-3H3. The van der Waals surface area contributed by atoms with Crippen LogP contribution in [0.15, 0.2) is 0 Å². The smallest absolute Gasteiger partial charge is 0.0909 e. The molecule has 17 heavy (non-hydrogen) atoms. The van der Waals surface area contributed by atoms with Gasteiger partial charge in [0.2, 0.25) is 0 Å². The number of aliphatic hydroxyl groups is 1. The molecule has 0 radical (unpaired) electrons. The molecule has 0 aromatic rings. The molecule has 2 N–H and O–H groups in total. The Morgan fingerprint density at radius 2 is 2.18 bits per heavy atom. The lowest BCUT2D eigenvalue weighted by Gasteiger charge is -2.30. The number of β-amino-alcohol motifs (C(OH)–C–C–N with tert-alkyl or cyclic N) is 1. The quantitative estimate of drug-likeness (QED) is 0.758. The summed E-state index contributed by atoms with van der Waals surface area (Å²) in [7, 11) is 2.07. The first-order valence-electron chi connectivity index (χ1n) is 6.68. The van der Waals surface area contributed by atoms with Crippen LogP contribution in [0.1, 0.15) is 33.1 Å². The largest absolute Gasteiger partial charge is 0.387 e. The number of nitrogens with zero attached hydrogens (tertiary/aromatic N) is 1. The third kappa shape index (κ3) is 3.65. The van der Waals surface area contributed by atoms with Gasteiger partial charge in [-0.3, -0.25) is 0 Å². The number of ether oxygens (including phenoxy) is 1. The van der Waals surface area contributed by atoms with Gasteiger partial charge in [-0.05, 0) is 46.7 Å². The van der Waals surface area contributed by atoms with Crippen LogP contribution in [0.25, 0.3) is 0 Å². The van der Waals surface area contributed by atoms with Gasteiger partial charge in [-0.15, -0.1) is 0 Å². The lowest BCUT2D eigenvalue weighted by Crippen LogP contribution is -2.45. The highest BCUT2D eigenvalue weighted by atomic mass is 16.5. The fourth-order valence-corrected chi connectivity index (χ4v) is 2.99. The zero-order valence-electron chi connectivity index (χ0n) is 11.3. The molecule has 0 spiro atoms. The molecule has 2 rings (SSSR count). The molecule has 4 heteroatoms. The molecule has 2 fully saturated rings. The SMILES string of the molecule is CN(CC1CCC(C)(C)O1)CC1(O)CCNC1. The Balaban J connectivity index is 1.76. The van der Waals surface area contributed by atoms with E-state index in [1.165, 1.54) is 0 Å². The molecule has 2 unspecified atom stereocenters. The van der Waals surface area contributed by atoms with Crippen LogP contribution in [-0.2, 0) is 4.74 Å². The third-order valence-electron chi connectivity index (χ3n) is 3.85. The molecule has 0 bridgehead atoms. The Kier molecular flexibility index (Phi) is 3.78. The minimum Gasteiger partial charge on any atom is -0.387 e. The second-order valence-electron chi connectivity index (χ2n) is 6.39. The Hall–Kier alpha value is -0.160. The second-order valence-corrected chi connectivity index (χ2v) is 6.39. The van der Waals surface area contributed by atoms with Crippen molar-refractivity contribution in [3.05, 3.63) is 0 Å². The van der Waals surface area contributed by atoms with E-state index in [0.29, 0.717) is 12.6 Å². The maximum Gasteiger partial charge on any atom is 0.0909 e. The minimum absolute atomic E-state index is 0.0390. The van der Waals surface area contributed by atoms with Gasteiger partial charge in [0.05, 0.1) is 17.3 Å². The molecule has 0 aliphatic carbocycles. The summed E-state index contributed by atoms with van der Waals surface area (Å²) in [6, 6.07) is 0. The summed E-state index contributed by atoms with van der Waals surface area (Å²) in [6.07, 6.45) is 3.45. The molecule has 2 aliphatic rings. The Morgan fingerprint density at radius 1 is 1.41 bits per heavy atom. The van der Waals surface area contributed by atoms with Crippen LogP contribution >= 0.6 is 0 Å². The highest BCUT2D eigenvalue weighted by Crippen LogP contribution is 2.29. The Morgan fingerprint density at radius 3 is 2.71 bits per heavy atom. The molecule has 2 saturated heterocycles. The molecule has 0 saturated carbocycles. The predicted molar refractivity (Wildman–Crippen MR) is 68.1 cm³/mol. The van der Waals surface area contributed by atoms with Gasteiger partial charge >= 0.3 is 0 Å². The van der Waals surface area contributed by atoms with Crippen molar-refractivity contribution in [2.24, 2.45) is 0 Å². The van der Waals surface area contributed by atoms with E-state index < -0.39 is 5.60 Å². The zero-order valence-corrected chi connectivity index (χ0v) is 11.3. The first-order valence-corrected chi connectivity index (χ1v) is 6.68.